The zero-order valence-corrected chi connectivity index (χ0v) is 16.5. The maximum Gasteiger partial charge on any atom is 0.247 e. The van der Waals surface area contributed by atoms with Crippen LogP contribution in [0, 0.1) is 0 Å². The van der Waals surface area contributed by atoms with Crippen LogP contribution in [0.4, 0.5) is 0 Å². The van der Waals surface area contributed by atoms with Crippen molar-refractivity contribution in [2.75, 3.05) is 0 Å². The van der Waals surface area contributed by atoms with Gasteiger partial charge in [-0.15, -0.1) is 10.2 Å². The van der Waals surface area contributed by atoms with Crippen molar-refractivity contribution in [2.45, 2.75) is 96.8 Å². The molecule has 0 saturated heterocycles. The first-order valence-electron chi connectivity index (χ1n) is 10.6. The Balaban J connectivity index is 1.42. The van der Waals surface area contributed by atoms with Crippen LogP contribution in [0.2, 0.25) is 0 Å². The molecule has 4 nitrogen and oxygen atoms in total. The molecule has 2 rings (SSSR count). The fraction of sp³-hybridized carbons (Fsp3) is 0.682. The topological polar surface area (TPSA) is 51.8 Å². The van der Waals surface area contributed by atoms with Gasteiger partial charge in [0, 0.05) is 24.4 Å². The van der Waals surface area contributed by atoms with Crippen LogP contribution < -0.4 is 0 Å². The molecule has 0 fully saturated rings. The van der Waals surface area contributed by atoms with Crippen molar-refractivity contribution in [3.63, 3.8) is 0 Å². The molecule has 0 bridgehead atoms. The summed E-state index contributed by atoms with van der Waals surface area (Å²) in [5.41, 5.74) is 0.934. The van der Waals surface area contributed by atoms with Crippen molar-refractivity contribution < 1.29 is 4.42 Å². The summed E-state index contributed by atoms with van der Waals surface area (Å²) in [5, 5.41) is 8.27. The second-order valence-electron chi connectivity index (χ2n) is 7.23. The predicted octanol–water partition coefficient (Wildman–Crippen LogP) is 6.77. The minimum Gasteiger partial charge on any atom is -0.421 e. The fourth-order valence-electron chi connectivity index (χ4n) is 3.26. The summed E-state index contributed by atoms with van der Waals surface area (Å²) in [5.74, 6) is 1.34. The molecule has 4 heteroatoms. The van der Waals surface area contributed by atoms with Crippen LogP contribution in [0.25, 0.3) is 11.5 Å². The van der Waals surface area contributed by atoms with E-state index in [1.54, 1.807) is 12.4 Å². The van der Waals surface area contributed by atoms with E-state index in [-0.39, 0.29) is 0 Å². The Kier molecular flexibility index (Phi) is 10.7. The molecule has 26 heavy (non-hydrogen) atoms. The third kappa shape index (κ3) is 8.59. The average molecular weight is 358 g/mol. The molecule has 0 unspecified atom stereocenters. The second-order valence-corrected chi connectivity index (χ2v) is 7.23. The van der Waals surface area contributed by atoms with Crippen LogP contribution >= 0.6 is 0 Å². The third-order valence-corrected chi connectivity index (χ3v) is 4.89. The molecule has 0 spiro atoms. The molecule has 144 valence electrons. The Labute approximate surface area is 158 Å². The summed E-state index contributed by atoms with van der Waals surface area (Å²) in [6.07, 6.45) is 22.2. The van der Waals surface area contributed by atoms with Gasteiger partial charge in [0.1, 0.15) is 0 Å². The van der Waals surface area contributed by atoms with Crippen molar-refractivity contribution in [1.82, 2.24) is 15.2 Å². The van der Waals surface area contributed by atoms with Crippen LogP contribution in [-0.2, 0) is 6.42 Å². The zero-order valence-electron chi connectivity index (χ0n) is 16.5. The number of hydrogen-bond donors (Lipinski definition) is 0. The molecule has 0 radical (unpaired) electrons. The molecule has 2 aromatic rings. The normalized spacial score (nSPS) is 11.1. The lowest BCUT2D eigenvalue weighted by molar-refractivity contribution is 0.484. The highest BCUT2D eigenvalue weighted by Gasteiger charge is 2.07. The number of aryl methyl sites for hydroxylation is 1. The molecule has 0 aliphatic carbocycles. The summed E-state index contributed by atoms with van der Waals surface area (Å²) < 4.78 is 5.73. The van der Waals surface area contributed by atoms with E-state index < -0.39 is 0 Å². The van der Waals surface area contributed by atoms with Gasteiger partial charge in [-0.05, 0) is 18.6 Å². The van der Waals surface area contributed by atoms with Crippen molar-refractivity contribution in [3.8, 4) is 11.5 Å². The summed E-state index contributed by atoms with van der Waals surface area (Å²) >= 11 is 0. The lowest BCUT2D eigenvalue weighted by atomic mass is 10.0. The molecule has 2 aromatic heterocycles. The van der Waals surface area contributed by atoms with E-state index in [1.807, 2.05) is 12.1 Å². The Morgan fingerprint density at radius 3 is 1.81 bits per heavy atom. The zero-order chi connectivity index (χ0) is 18.3. The Hall–Kier alpha value is -1.71. The average Bonchev–Trinajstić information content (AvgIpc) is 3.15. The number of unbranched alkanes of at least 4 members (excludes halogenated alkanes) is 12. The molecule has 0 N–H and O–H groups in total. The maximum atomic E-state index is 5.73. The van der Waals surface area contributed by atoms with E-state index in [0.29, 0.717) is 5.89 Å². The van der Waals surface area contributed by atoms with Gasteiger partial charge in [-0.1, -0.05) is 84.0 Å². The van der Waals surface area contributed by atoms with Gasteiger partial charge >= 0.3 is 0 Å². The van der Waals surface area contributed by atoms with Crippen LogP contribution in [0.1, 0.15) is 96.3 Å². The molecule has 0 aromatic carbocycles. The van der Waals surface area contributed by atoms with Gasteiger partial charge in [0.25, 0.3) is 0 Å². The minimum atomic E-state index is 0.595. The summed E-state index contributed by atoms with van der Waals surface area (Å²) in [4.78, 5) is 4.00. The molecule has 2 heterocycles. The molecule has 0 aliphatic rings. The monoisotopic (exact) mass is 357 g/mol. The van der Waals surface area contributed by atoms with Gasteiger partial charge in [-0.25, -0.2) is 0 Å². The fourth-order valence-corrected chi connectivity index (χ4v) is 3.26. The summed E-state index contributed by atoms with van der Waals surface area (Å²) in [6.45, 7) is 2.28. The quantitative estimate of drug-likeness (QED) is 0.330. The highest BCUT2D eigenvalue weighted by atomic mass is 16.4. The molecule has 0 amide bonds. The molecule has 0 aliphatic heterocycles. The highest BCUT2D eigenvalue weighted by Crippen LogP contribution is 2.18. The summed E-state index contributed by atoms with van der Waals surface area (Å²) in [7, 11) is 0. The molecule has 0 saturated carbocycles. The van der Waals surface area contributed by atoms with E-state index in [2.05, 4.69) is 22.1 Å². The SMILES string of the molecule is CCCCCCCCCCCCCCCc1nnc(-c2ccncc2)o1. The minimum absolute atomic E-state index is 0.595. The lowest BCUT2D eigenvalue weighted by Gasteiger charge is -2.02. The first kappa shape index (κ1) is 20.6. The van der Waals surface area contributed by atoms with Crippen LogP contribution in [0.15, 0.2) is 28.9 Å². The molecular formula is C22H35N3O. The van der Waals surface area contributed by atoms with Crippen molar-refractivity contribution in [3.05, 3.63) is 30.4 Å². The van der Waals surface area contributed by atoms with E-state index in [4.69, 9.17) is 4.42 Å². The molecular weight excluding hydrogens is 322 g/mol. The van der Waals surface area contributed by atoms with E-state index in [1.165, 1.54) is 77.0 Å². The largest absolute Gasteiger partial charge is 0.421 e. The van der Waals surface area contributed by atoms with Crippen molar-refractivity contribution >= 4 is 0 Å². The van der Waals surface area contributed by atoms with E-state index in [0.717, 1.165) is 24.3 Å². The lowest BCUT2D eigenvalue weighted by Crippen LogP contribution is -1.87. The number of pyridine rings is 1. The number of hydrogen-bond acceptors (Lipinski definition) is 4. The Morgan fingerprint density at radius 2 is 1.23 bits per heavy atom. The van der Waals surface area contributed by atoms with Gasteiger partial charge in [0.2, 0.25) is 11.8 Å². The van der Waals surface area contributed by atoms with Crippen LogP contribution in [0.3, 0.4) is 0 Å². The van der Waals surface area contributed by atoms with Crippen LogP contribution in [-0.4, -0.2) is 15.2 Å². The first-order chi connectivity index (χ1) is 12.9. The summed E-state index contributed by atoms with van der Waals surface area (Å²) in [6, 6.07) is 3.78. The predicted molar refractivity (Wildman–Crippen MR) is 107 cm³/mol. The van der Waals surface area contributed by atoms with Gasteiger partial charge in [0.15, 0.2) is 0 Å². The standard InChI is InChI=1S/C22H35N3O/c1-2-3-4-5-6-7-8-9-10-11-12-13-14-15-21-24-25-22(26-21)20-16-18-23-19-17-20/h16-19H,2-15H2,1H3. The van der Waals surface area contributed by atoms with Gasteiger partial charge in [-0.3, -0.25) is 4.98 Å². The number of rotatable bonds is 15. The smallest absolute Gasteiger partial charge is 0.247 e. The van der Waals surface area contributed by atoms with Crippen molar-refractivity contribution in [2.24, 2.45) is 0 Å². The van der Waals surface area contributed by atoms with E-state index >= 15 is 0 Å². The van der Waals surface area contributed by atoms with Gasteiger partial charge in [0.05, 0.1) is 0 Å². The van der Waals surface area contributed by atoms with E-state index in [9.17, 15) is 0 Å². The van der Waals surface area contributed by atoms with Gasteiger partial charge in [-0.2, -0.15) is 0 Å². The van der Waals surface area contributed by atoms with Gasteiger partial charge < -0.3 is 4.42 Å². The second kappa shape index (κ2) is 13.5. The Morgan fingerprint density at radius 1 is 0.692 bits per heavy atom. The first-order valence-corrected chi connectivity index (χ1v) is 10.6. The molecule has 0 atom stereocenters. The Bertz CT molecular complexity index is 568. The van der Waals surface area contributed by atoms with Crippen LogP contribution in [0.5, 0.6) is 0 Å². The maximum absolute atomic E-state index is 5.73. The number of aromatic nitrogens is 3. The highest BCUT2D eigenvalue weighted by molar-refractivity contribution is 5.50. The number of nitrogens with zero attached hydrogens (tertiary/aromatic N) is 3. The van der Waals surface area contributed by atoms with Crippen molar-refractivity contribution in [1.29, 1.82) is 0 Å². The third-order valence-electron chi connectivity index (χ3n) is 4.89.